The van der Waals surface area contributed by atoms with Gasteiger partial charge in [0.25, 0.3) is 0 Å². The Balaban J connectivity index is 2.23. The van der Waals surface area contributed by atoms with E-state index in [0.29, 0.717) is 5.92 Å². The number of hydrogen-bond donors (Lipinski definition) is 1. The highest BCUT2D eigenvalue weighted by Gasteiger charge is 2.08. The molecule has 0 amide bonds. The van der Waals surface area contributed by atoms with Gasteiger partial charge in [0.05, 0.1) is 12.2 Å². The number of ether oxygens (including phenoxy) is 1. The number of benzene rings is 1. The summed E-state index contributed by atoms with van der Waals surface area (Å²) in [7, 11) is 0. The van der Waals surface area contributed by atoms with Crippen molar-refractivity contribution in [1.29, 1.82) is 0 Å². The normalized spacial score (nSPS) is 12.1. The van der Waals surface area contributed by atoms with Crippen LogP contribution in [-0.2, 0) is 11.3 Å². The van der Waals surface area contributed by atoms with Gasteiger partial charge in [-0.05, 0) is 37.8 Å². The molecule has 0 spiro atoms. The van der Waals surface area contributed by atoms with Gasteiger partial charge in [-0.25, -0.2) is 0 Å². The lowest BCUT2D eigenvalue weighted by Gasteiger charge is -2.19. The largest absolute Gasteiger partial charge is 0.375 e. The van der Waals surface area contributed by atoms with Gasteiger partial charge in [0, 0.05) is 13.1 Å². The lowest BCUT2D eigenvalue weighted by atomic mass is 10.0. The molecule has 0 aliphatic heterocycles. The van der Waals surface area contributed by atoms with E-state index < -0.39 is 0 Å². The van der Waals surface area contributed by atoms with E-state index in [9.17, 15) is 0 Å². The molecule has 1 rings (SSSR count). The Bertz CT molecular complexity index is 335. The van der Waals surface area contributed by atoms with Crippen LogP contribution in [0.4, 0.5) is 0 Å². The Hall–Kier alpha value is -0.860. The zero-order chi connectivity index (χ0) is 13.6. The van der Waals surface area contributed by atoms with Gasteiger partial charge in [0.15, 0.2) is 0 Å². The van der Waals surface area contributed by atoms with Crippen LogP contribution in [0.2, 0.25) is 0 Å². The van der Waals surface area contributed by atoms with E-state index in [4.69, 9.17) is 4.74 Å². The second kappa shape index (κ2) is 6.91. The van der Waals surface area contributed by atoms with Crippen molar-refractivity contribution in [1.82, 2.24) is 5.32 Å². The lowest BCUT2D eigenvalue weighted by Crippen LogP contribution is -2.26. The summed E-state index contributed by atoms with van der Waals surface area (Å²) in [5, 5.41) is 3.40. The maximum Gasteiger partial charge on any atom is 0.0599 e. The number of nitrogens with one attached hydrogen (secondary N) is 1. The van der Waals surface area contributed by atoms with Crippen molar-refractivity contribution in [2.75, 3.05) is 13.2 Å². The van der Waals surface area contributed by atoms with Crippen LogP contribution < -0.4 is 5.32 Å². The molecule has 0 radical (unpaired) electrons. The van der Waals surface area contributed by atoms with E-state index >= 15 is 0 Å². The Labute approximate surface area is 112 Å². The van der Waals surface area contributed by atoms with E-state index in [1.54, 1.807) is 0 Å². The quantitative estimate of drug-likeness (QED) is 0.776. The van der Waals surface area contributed by atoms with Crippen LogP contribution in [0, 0.1) is 0 Å². The minimum absolute atomic E-state index is 0.0411. The summed E-state index contributed by atoms with van der Waals surface area (Å²) >= 11 is 0. The smallest absolute Gasteiger partial charge is 0.0599 e. The molecule has 2 nitrogen and oxygen atoms in total. The zero-order valence-electron chi connectivity index (χ0n) is 12.4. The van der Waals surface area contributed by atoms with Crippen LogP contribution in [0.25, 0.3) is 0 Å². The fraction of sp³-hybridized carbons (Fsp3) is 0.625. The van der Waals surface area contributed by atoms with Crippen LogP contribution in [0.15, 0.2) is 24.3 Å². The average Bonchev–Trinajstić information content (AvgIpc) is 2.27. The molecule has 0 atom stereocenters. The van der Waals surface area contributed by atoms with Crippen LogP contribution >= 0.6 is 0 Å². The molecule has 0 aliphatic carbocycles. The molecule has 0 fully saturated rings. The van der Waals surface area contributed by atoms with Crippen LogP contribution in [0.5, 0.6) is 0 Å². The molecule has 0 heterocycles. The van der Waals surface area contributed by atoms with Crippen LogP contribution in [0.3, 0.4) is 0 Å². The lowest BCUT2D eigenvalue weighted by molar-refractivity contribution is -0.000885. The minimum atomic E-state index is -0.0411. The van der Waals surface area contributed by atoms with E-state index in [0.717, 1.165) is 19.7 Å². The molecule has 0 saturated carbocycles. The van der Waals surface area contributed by atoms with Crippen molar-refractivity contribution >= 4 is 0 Å². The molecule has 0 aliphatic rings. The van der Waals surface area contributed by atoms with Gasteiger partial charge in [-0.2, -0.15) is 0 Å². The van der Waals surface area contributed by atoms with Crippen LogP contribution in [0.1, 0.15) is 51.7 Å². The topological polar surface area (TPSA) is 21.3 Å². The molecular weight excluding hydrogens is 222 g/mol. The van der Waals surface area contributed by atoms with Crippen molar-refractivity contribution in [3.63, 3.8) is 0 Å². The number of hydrogen-bond acceptors (Lipinski definition) is 2. The maximum atomic E-state index is 5.66. The molecule has 2 heteroatoms. The standard InChI is InChI=1S/C16H27NO/c1-13(2)15-8-6-14(7-9-15)12-17-10-11-18-16(3,4)5/h6-9,13,17H,10-12H2,1-5H3. The molecule has 1 aromatic carbocycles. The maximum absolute atomic E-state index is 5.66. The molecule has 18 heavy (non-hydrogen) atoms. The Morgan fingerprint density at radius 1 is 1.11 bits per heavy atom. The SMILES string of the molecule is CC(C)c1ccc(CNCCOC(C)(C)C)cc1. The highest BCUT2D eigenvalue weighted by Crippen LogP contribution is 2.14. The second-order valence-electron chi connectivity index (χ2n) is 6.03. The highest BCUT2D eigenvalue weighted by molar-refractivity contribution is 5.24. The molecule has 1 N–H and O–H groups in total. The first-order valence-electron chi connectivity index (χ1n) is 6.82. The summed E-state index contributed by atoms with van der Waals surface area (Å²) in [5.41, 5.74) is 2.69. The molecule has 0 aromatic heterocycles. The second-order valence-corrected chi connectivity index (χ2v) is 6.03. The summed E-state index contributed by atoms with van der Waals surface area (Å²) in [4.78, 5) is 0. The van der Waals surface area contributed by atoms with E-state index in [2.05, 4.69) is 64.2 Å². The zero-order valence-corrected chi connectivity index (χ0v) is 12.4. The molecule has 102 valence electrons. The monoisotopic (exact) mass is 249 g/mol. The van der Waals surface area contributed by atoms with Crippen molar-refractivity contribution in [2.45, 2.75) is 52.7 Å². The first kappa shape index (κ1) is 15.2. The fourth-order valence-electron chi connectivity index (χ4n) is 1.68. The Kier molecular flexibility index (Phi) is 5.83. The Morgan fingerprint density at radius 2 is 1.72 bits per heavy atom. The first-order chi connectivity index (χ1) is 8.38. The summed E-state index contributed by atoms with van der Waals surface area (Å²) < 4.78 is 5.66. The molecule has 1 aromatic rings. The van der Waals surface area contributed by atoms with E-state index in [1.165, 1.54) is 11.1 Å². The van der Waals surface area contributed by atoms with Crippen molar-refractivity contribution in [3.8, 4) is 0 Å². The minimum Gasteiger partial charge on any atom is -0.375 e. The van der Waals surface area contributed by atoms with Gasteiger partial charge in [-0.1, -0.05) is 38.1 Å². The first-order valence-corrected chi connectivity index (χ1v) is 6.82. The summed E-state index contributed by atoms with van der Waals surface area (Å²) in [6, 6.07) is 8.83. The van der Waals surface area contributed by atoms with Crippen molar-refractivity contribution in [3.05, 3.63) is 35.4 Å². The highest BCUT2D eigenvalue weighted by atomic mass is 16.5. The molecule has 0 saturated heterocycles. The van der Waals surface area contributed by atoms with Gasteiger partial charge in [0.2, 0.25) is 0 Å². The van der Waals surface area contributed by atoms with Crippen LogP contribution in [-0.4, -0.2) is 18.8 Å². The third kappa shape index (κ3) is 6.18. The van der Waals surface area contributed by atoms with Crippen molar-refractivity contribution < 1.29 is 4.74 Å². The van der Waals surface area contributed by atoms with Gasteiger partial charge in [0.1, 0.15) is 0 Å². The summed E-state index contributed by atoms with van der Waals surface area (Å²) in [6.07, 6.45) is 0. The molecule has 0 bridgehead atoms. The van der Waals surface area contributed by atoms with Gasteiger partial charge in [-0.3, -0.25) is 0 Å². The Morgan fingerprint density at radius 3 is 2.22 bits per heavy atom. The van der Waals surface area contributed by atoms with Crippen molar-refractivity contribution in [2.24, 2.45) is 0 Å². The predicted octanol–water partition coefficient (Wildman–Crippen LogP) is 3.71. The third-order valence-electron chi connectivity index (χ3n) is 2.79. The van der Waals surface area contributed by atoms with E-state index in [-0.39, 0.29) is 5.60 Å². The molecule has 0 unspecified atom stereocenters. The van der Waals surface area contributed by atoms with Gasteiger partial charge < -0.3 is 10.1 Å². The molecular formula is C16H27NO. The predicted molar refractivity (Wildman–Crippen MR) is 77.9 cm³/mol. The third-order valence-corrected chi connectivity index (χ3v) is 2.79. The summed E-state index contributed by atoms with van der Waals surface area (Å²) in [6.45, 7) is 13.2. The van der Waals surface area contributed by atoms with Gasteiger partial charge >= 0.3 is 0 Å². The van der Waals surface area contributed by atoms with Gasteiger partial charge in [-0.15, -0.1) is 0 Å². The number of rotatable bonds is 6. The summed E-state index contributed by atoms with van der Waals surface area (Å²) in [5.74, 6) is 0.604. The average molecular weight is 249 g/mol. The fourth-order valence-corrected chi connectivity index (χ4v) is 1.68. The van der Waals surface area contributed by atoms with E-state index in [1.807, 2.05) is 0 Å².